The van der Waals surface area contributed by atoms with E-state index in [4.69, 9.17) is 15.0 Å². The van der Waals surface area contributed by atoms with Crippen molar-refractivity contribution < 1.29 is 4.79 Å². The Balaban J connectivity index is 1.65. The van der Waals surface area contributed by atoms with Gasteiger partial charge in [0, 0.05) is 33.9 Å². The average Bonchev–Trinajstić information content (AvgIpc) is 3.25. The van der Waals surface area contributed by atoms with E-state index in [9.17, 15) is 4.79 Å². The molecule has 2 unspecified atom stereocenters. The molecule has 2 aliphatic heterocycles. The summed E-state index contributed by atoms with van der Waals surface area (Å²) < 4.78 is 4.27. The summed E-state index contributed by atoms with van der Waals surface area (Å²) in [6, 6.07) is 13.9. The molecule has 4 atom stereocenters. The Kier molecular flexibility index (Phi) is 8.32. The molecule has 0 aliphatic carbocycles. The number of rotatable bonds is 1. The number of halogens is 1. The van der Waals surface area contributed by atoms with Crippen LogP contribution in [0.4, 0.5) is 11.6 Å². The van der Waals surface area contributed by atoms with Gasteiger partial charge in [-0.1, -0.05) is 49.7 Å². The molecule has 1 fully saturated rings. The van der Waals surface area contributed by atoms with Crippen molar-refractivity contribution in [3.05, 3.63) is 70.1 Å². The van der Waals surface area contributed by atoms with E-state index in [0.717, 1.165) is 51.9 Å². The molecule has 4 bridgehead atoms. The monoisotopic (exact) mass is 636 g/mol. The summed E-state index contributed by atoms with van der Waals surface area (Å²) in [5.41, 5.74) is 2.28. The first-order valence-corrected chi connectivity index (χ1v) is 16.4. The quantitative estimate of drug-likeness (QED) is 0.269. The molecule has 9 heteroatoms. The molecular weight excluding hydrogens is 596 g/mol. The minimum absolute atomic E-state index is 0.0209. The summed E-state index contributed by atoms with van der Waals surface area (Å²) in [5, 5.41) is 6.50. The van der Waals surface area contributed by atoms with Gasteiger partial charge < -0.3 is 10.2 Å². The third-order valence-electron chi connectivity index (χ3n) is 8.28. The third-order valence-corrected chi connectivity index (χ3v) is 10.3. The second-order valence-corrected chi connectivity index (χ2v) is 15.6. The Labute approximate surface area is 255 Å². The van der Waals surface area contributed by atoms with Crippen LogP contribution in [0.1, 0.15) is 89.1 Å². The normalized spacial score (nSPS) is 24.6. The van der Waals surface area contributed by atoms with Crippen LogP contribution >= 0.6 is 26.6 Å². The number of pyridine rings is 3. The van der Waals surface area contributed by atoms with E-state index in [-0.39, 0.29) is 22.9 Å². The summed E-state index contributed by atoms with van der Waals surface area (Å²) in [4.78, 5) is 31.2. The van der Waals surface area contributed by atoms with Crippen molar-refractivity contribution >= 4 is 49.5 Å². The SMILES string of the molecule is C/C=S1/NC(=O)c2ccc(C(C)(C)C)nc2N2C[C@H](CC2(C)C)[C@@H](C)CC(c2cc(Br)ccn2)Nc2cccc1n2. The van der Waals surface area contributed by atoms with Crippen LogP contribution in [0.2, 0.25) is 0 Å². The van der Waals surface area contributed by atoms with Crippen molar-refractivity contribution in [2.75, 3.05) is 16.8 Å². The first kappa shape index (κ1) is 29.7. The molecule has 2 aliphatic rings. The lowest BCUT2D eigenvalue weighted by Crippen LogP contribution is -2.40. The van der Waals surface area contributed by atoms with Gasteiger partial charge >= 0.3 is 0 Å². The molecule has 7 nitrogen and oxygen atoms in total. The van der Waals surface area contributed by atoms with Crippen molar-refractivity contribution in [3.63, 3.8) is 0 Å². The fraction of sp³-hybridized carbons (Fsp3) is 0.469. The smallest absolute Gasteiger partial charge is 0.264 e. The largest absolute Gasteiger partial charge is 0.362 e. The van der Waals surface area contributed by atoms with Gasteiger partial charge in [-0.25, -0.2) is 9.97 Å². The maximum absolute atomic E-state index is 13.9. The van der Waals surface area contributed by atoms with Crippen LogP contribution in [0.25, 0.3) is 0 Å². The first-order chi connectivity index (χ1) is 19.4. The number of aromatic nitrogens is 3. The van der Waals surface area contributed by atoms with Gasteiger partial charge in [0.2, 0.25) is 0 Å². The molecule has 1 saturated heterocycles. The molecule has 0 saturated carbocycles. The Hall–Kier alpha value is -2.78. The van der Waals surface area contributed by atoms with E-state index in [2.05, 4.69) is 78.5 Å². The molecule has 0 aromatic carbocycles. The zero-order valence-corrected chi connectivity index (χ0v) is 27.4. The lowest BCUT2D eigenvalue weighted by atomic mass is 9.83. The van der Waals surface area contributed by atoms with Crippen LogP contribution < -0.4 is 14.9 Å². The lowest BCUT2D eigenvalue weighted by Gasteiger charge is -2.34. The minimum Gasteiger partial charge on any atom is -0.362 e. The highest BCUT2D eigenvalue weighted by molar-refractivity contribution is 9.10. The second kappa shape index (κ2) is 11.5. The van der Waals surface area contributed by atoms with Gasteiger partial charge in [-0.3, -0.25) is 14.5 Å². The van der Waals surface area contributed by atoms with Gasteiger partial charge in [0.25, 0.3) is 5.91 Å². The van der Waals surface area contributed by atoms with E-state index in [1.165, 1.54) is 0 Å². The number of anilines is 2. The lowest BCUT2D eigenvalue weighted by molar-refractivity contribution is 0.0984. The van der Waals surface area contributed by atoms with Crippen LogP contribution in [0.15, 0.2) is 58.2 Å². The van der Waals surface area contributed by atoms with Crippen molar-refractivity contribution in [1.82, 2.24) is 19.7 Å². The van der Waals surface area contributed by atoms with Crippen LogP contribution in [-0.4, -0.2) is 38.3 Å². The van der Waals surface area contributed by atoms with Gasteiger partial charge in [-0.05, 0) is 97.9 Å². The zero-order valence-electron chi connectivity index (χ0n) is 25.0. The average molecular weight is 638 g/mol. The highest BCUT2D eigenvalue weighted by Crippen LogP contribution is 2.43. The molecule has 0 spiro atoms. The number of nitrogens with one attached hydrogen (secondary N) is 2. The van der Waals surface area contributed by atoms with Gasteiger partial charge in [0.1, 0.15) is 16.7 Å². The van der Waals surface area contributed by atoms with E-state index in [1.807, 2.05) is 54.9 Å². The van der Waals surface area contributed by atoms with Crippen LogP contribution in [0, 0.1) is 11.8 Å². The number of fused-ring (bicyclic) bond motifs is 6. The van der Waals surface area contributed by atoms with Crippen molar-refractivity contribution in [3.8, 4) is 0 Å². The molecule has 218 valence electrons. The number of hydrogen-bond donors (Lipinski definition) is 2. The molecule has 5 heterocycles. The topological polar surface area (TPSA) is 83.0 Å². The minimum atomic E-state index is -0.694. The predicted octanol–water partition coefficient (Wildman–Crippen LogP) is 7.52. The van der Waals surface area contributed by atoms with Gasteiger partial charge in [0.05, 0.1) is 17.3 Å². The fourth-order valence-electron chi connectivity index (χ4n) is 5.91. The van der Waals surface area contributed by atoms with Crippen LogP contribution in [-0.2, 0) is 5.41 Å². The molecule has 41 heavy (non-hydrogen) atoms. The highest BCUT2D eigenvalue weighted by Gasteiger charge is 2.43. The van der Waals surface area contributed by atoms with E-state index in [0.29, 0.717) is 17.4 Å². The molecule has 3 aromatic rings. The van der Waals surface area contributed by atoms with Crippen molar-refractivity contribution in [2.24, 2.45) is 11.8 Å². The highest BCUT2D eigenvalue weighted by atomic mass is 79.9. The maximum atomic E-state index is 13.9. The summed E-state index contributed by atoms with van der Waals surface area (Å²) >= 11 is 3.64. The van der Waals surface area contributed by atoms with Gasteiger partial charge in [-0.15, -0.1) is 0 Å². The Morgan fingerprint density at radius 2 is 1.93 bits per heavy atom. The standard InChI is InChI=1S/C32H41BrN6OS/c1-8-41-28-11-9-10-27(37-28)35-25(24-17-22(33)14-15-34-24)16-20(2)21-18-32(6,7)39(19-21)29-23(30(40)38-41)12-13-26(36-29)31(3,4)5/h8-15,17,20-21,25H,16,18-19H2,1-7H3,(H,35,37)(H,38,40)/t20-,21-,25?,41?/m0/s1. The van der Waals surface area contributed by atoms with Crippen molar-refractivity contribution in [2.45, 2.75) is 83.3 Å². The summed E-state index contributed by atoms with van der Waals surface area (Å²) in [6.07, 6.45) is 3.76. The summed E-state index contributed by atoms with van der Waals surface area (Å²) in [7, 11) is -0.694. The summed E-state index contributed by atoms with van der Waals surface area (Å²) in [6.45, 7) is 16.2. The molecule has 3 aromatic heterocycles. The maximum Gasteiger partial charge on any atom is 0.264 e. The Bertz CT molecular complexity index is 1480. The Morgan fingerprint density at radius 1 is 1.15 bits per heavy atom. The number of carbonyl (C=O) groups excluding carboxylic acids is 1. The molecule has 5 rings (SSSR count). The second-order valence-electron chi connectivity index (χ2n) is 12.9. The number of amides is 1. The first-order valence-electron chi connectivity index (χ1n) is 14.3. The Morgan fingerprint density at radius 3 is 2.63 bits per heavy atom. The predicted molar refractivity (Wildman–Crippen MR) is 174 cm³/mol. The summed E-state index contributed by atoms with van der Waals surface area (Å²) in [5.74, 6) is 2.21. The molecular formula is C32H41BrN6OS. The molecule has 0 radical (unpaired) electrons. The number of carbonyl (C=O) groups is 1. The fourth-order valence-corrected chi connectivity index (χ4v) is 7.46. The van der Waals surface area contributed by atoms with Crippen molar-refractivity contribution in [1.29, 1.82) is 0 Å². The van der Waals surface area contributed by atoms with E-state index >= 15 is 0 Å². The van der Waals surface area contributed by atoms with Gasteiger partial charge in [0.15, 0.2) is 0 Å². The third kappa shape index (κ3) is 6.36. The molecule has 2 N–H and O–H groups in total. The molecule has 1 amide bonds. The van der Waals surface area contributed by atoms with Gasteiger partial charge in [-0.2, -0.15) is 0 Å². The van der Waals surface area contributed by atoms with E-state index < -0.39 is 10.7 Å². The van der Waals surface area contributed by atoms with E-state index in [1.54, 1.807) is 0 Å². The number of nitrogens with zero attached hydrogens (tertiary/aromatic N) is 4. The van der Waals surface area contributed by atoms with Crippen LogP contribution in [0.5, 0.6) is 0 Å². The number of hydrogen-bond acceptors (Lipinski definition) is 6. The van der Waals surface area contributed by atoms with Crippen LogP contribution in [0.3, 0.4) is 0 Å². The zero-order chi connectivity index (χ0) is 29.5.